The topological polar surface area (TPSA) is 30.2 Å². The van der Waals surface area contributed by atoms with E-state index in [1.165, 1.54) is 6.07 Å². The first-order valence-corrected chi connectivity index (χ1v) is 6.63. The Morgan fingerprint density at radius 1 is 1.05 bits per heavy atom. The molecule has 3 nitrogen and oxygen atoms in total. The van der Waals surface area contributed by atoms with Gasteiger partial charge < -0.3 is 0 Å². The van der Waals surface area contributed by atoms with E-state index in [-0.39, 0.29) is 21.5 Å². The molecule has 2 heterocycles. The van der Waals surface area contributed by atoms with Crippen LogP contribution in [0.3, 0.4) is 0 Å². The van der Waals surface area contributed by atoms with Crippen molar-refractivity contribution in [1.82, 2.24) is 14.6 Å². The highest BCUT2D eigenvalue weighted by atomic mass is 79.9. The van der Waals surface area contributed by atoms with Gasteiger partial charge in [-0.1, -0.05) is 6.07 Å². The molecule has 0 amide bonds. The molecule has 0 unspecified atom stereocenters. The van der Waals surface area contributed by atoms with Crippen LogP contribution < -0.4 is 0 Å². The normalized spacial score (nSPS) is 12.1. The maximum absolute atomic E-state index is 13.4. The SMILES string of the molecule is Fc1ccc(-c2cc(C(F)(F)F)cn3nc(Br)nc23)cc1F. The fourth-order valence-corrected chi connectivity index (χ4v) is 2.33. The monoisotopic (exact) mass is 377 g/mol. The molecule has 114 valence electrons. The predicted octanol–water partition coefficient (Wildman–Crippen LogP) is 4.46. The summed E-state index contributed by atoms with van der Waals surface area (Å²) >= 11 is 2.97. The van der Waals surface area contributed by atoms with Gasteiger partial charge in [0.2, 0.25) is 4.73 Å². The van der Waals surface area contributed by atoms with Gasteiger partial charge in [0, 0.05) is 11.8 Å². The van der Waals surface area contributed by atoms with Crippen LogP contribution in [0.1, 0.15) is 5.56 Å². The molecule has 0 aliphatic rings. The van der Waals surface area contributed by atoms with Crippen molar-refractivity contribution >= 4 is 21.6 Å². The molecule has 1 aromatic carbocycles. The van der Waals surface area contributed by atoms with Crippen LogP contribution in [0.4, 0.5) is 22.0 Å². The molecule has 0 aliphatic carbocycles. The Morgan fingerprint density at radius 3 is 2.41 bits per heavy atom. The maximum atomic E-state index is 13.4. The second kappa shape index (κ2) is 5.01. The van der Waals surface area contributed by atoms with E-state index in [9.17, 15) is 22.0 Å². The second-order valence-electron chi connectivity index (χ2n) is 4.42. The lowest BCUT2D eigenvalue weighted by Crippen LogP contribution is -2.08. The number of alkyl halides is 3. The van der Waals surface area contributed by atoms with Gasteiger partial charge in [0.15, 0.2) is 17.3 Å². The van der Waals surface area contributed by atoms with Gasteiger partial charge in [-0.2, -0.15) is 13.2 Å². The Kier molecular flexibility index (Phi) is 3.39. The van der Waals surface area contributed by atoms with E-state index in [1.807, 2.05) is 0 Å². The number of hydrogen-bond acceptors (Lipinski definition) is 2. The number of halogens is 6. The summed E-state index contributed by atoms with van der Waals surface area (Å²) in [5, 5.41) is 3.77. The largest absolute Gasteiger partial charge is 0.417 e. The smallest absolute Gasteiger partial charge is 0.219 e. The zero-order valence-corrected chi connectivity index (χ0v) is 12.1. The Labute approximate surface area is 128 Å². The molecule has 0 bridgehead atoms. The summed E-state index contributed by atoms with van der Waals surface area (Å²) in [6, 6.07) is 3.65. The Hall–Kier alpha value is -2.03. The number of hydrogen-bond donors (Lipinski definition) is 0. The molecule has 0 atom stereocenters. The minimum atomic E-state index is -4.61. The maximum Gasteiger partial charge on any atom is 0.417 e. The van der Waals surface area contributed by atoms with Crippen molar-refractivity contribution < 1.29 is 22.0 Å². The van der Waals surface area contributed by atoms with Gasteiger partial charge in [0.25, 0.3) is 0 Å². The van der Waals surface area contributed by atoms with Crippen LogP contribution in [-0.4, -0.2) is 14.6 Å². The summed E-state index contributed by atoms with van der Waals surface area (Å²) in [5.41, 5.74) is -0.829. The molecular formula is C13H5BrF5N3. The third kappa shape index (κ3) is 2.56. The van der Waals surface area contributed by atoms with Crippen LogP contribution >= 0.6 is 15.9 Å². The highest BCUT2D eigenvalue weighted by Gasteiger charge is 2.32. The molecule has 2 aromatic heterocycles. The van der Waals surface area contributed by atoms with Gasteiger partial charge >= 0.3 is 6.18 Å². The third-order valence-corrected chi connectivity index (χ3v) is 3.30. The molecule has 3 rings (SSSR count). The standard InChI is InChI=1S/C13H5BrF5N3/c14-12-20-11-8(6-1-2-9(15)10(16)3-6)4-7(13(17,18)19)5-22(11)21-12/h1-5H. The van der Waals surface area contributed by atoms with Crippen molar-refractivity contribution in [3.05, 3.63) is 52.4 Å². The first kappa shape index (κ1) is 14.9. The van der Waals surface area contributed by atoms with Crippen LogP contribution in [0.5, 0.6) is 0 Å². The summed E-state index contributed by atoms with van der Waals surface area (Å²) < 4.78 is 66.2. The number of nitrogens with zero attached hydrogens (tertiary/aromatic N) is 3. The summed E-state index contributed by atoms with van der Waals surface area (Å²) in [5.74, 6) is -2.25. The lowest BCUT2D eigenvalue weighted by molar-refractivity contribution is -0.137. The van der Waals surface area contributed by atoms with Gasteiger partial charge in [-0.25, -0.2) is 18.3 Å². The van der Waals surface area contributed by atoms with Crippen molar-refractivity contribution in [2.75, 3.05) is 0 Å². The summed E-state index contributed by atoms with van der Waals surface area (Å²) in [6.45, 7) is 0. The van der Waals surface area contributed by atoms with Crippen LogP contribution in [0.25, 0.3) is 16.8 Å². The Morgan fingerprint density at radius 2 is 1.77 bits per heavy atom. The van der Waals surface area contributed by atoms with Crippen LogP contribution in [0.2, 0.25) is 0 Å². The summed E-state index contributed by atoms with van der Waals surface area (Å²) in [4.78, 5) is 3.95. The van der Waals surface area contributed by atoms with Gasteiger partial charge in [-0.05, 0) is 39.7 Å². The lowest BCUT2D eigenvalue weighted by Gasteiger charge is -2.10. The first-order chi connectivity index (χ1) is 10.3. The molecule has 22 heavy (non-hydrogen) atoms. The van der Waals surface area contributed by atoms with Gasteiger partial charge in [-0.15, -0.1) is 5.10 Å². The summed E-state index contributed by atoms with van der Waals surface area (Å²) in [7, 11) is 0. The molecule has 0 radical (unpaired) electrons. The summed E-state index contributed by atoms with van der Waals surface area (Å²) in [6.07, 6.45) is -3.84. The average Bonchev–Trinajstić information content (AvgIpc) is 2.80. The Bertz CT molecular complexity index is 872. The fraction of sp³-hybridized carbons (Fsp3) is 0.0769. The van der Waals surface area contributed by atoms with Crippen molar-refractivity contribution in [3.8, 4) is 11.1 Å². The molecule has 3 aromatic rings. The van der Waals surface area contributed by atoms with E-state index in [0.717, 1.165) is 28.9 Å². The molecule has 9 heteroatoms. The van der Waals surface area contributed by atoms with Gasteiger partial charge in [0.1, 0.15) is 0 Å². The molecular weight excluding hydrogens is 373 g/mol. The quantitative estimate of drug-likeness (QED) is 0.586. The first-order valence-electron chi connectivity index (χ1n) is 5.84. The van der Waals surface area contributed by atoms with Crippen molar-refractivity contribution in [3.63, 3.8) is 0 Å². The zero-order valence-electron chi connectivity index (χ0n) is 10.5. The van der Waals surface area contributed by atoms with Crippen molar-refractivity contribution in [2.45, 2.75) is 6.18 Å². The van der Waals surface area contributed by atoms with E-state index in [4.69, 9.17) is 0 Å². The zero-order chi connectivity index (χ0) is 16.1. The fourth-order valence-electron chi connectivity index (χ4n) is 1.99. The van der Waals surface area contributed by atoms with E-state index >= 15 is 0 Å². The van der Waals surface area contributed by atoms with Gasteiger partial charge in [-0.3, -0.25) is 0 Å². The van der Waals surface area contributed by atoms with E-state index in [0.29, 0.717) is 0 Å². The number of fused-ring (bicyclic) bond motifs is 1. The predicted molar refractivity (Wildman–Crippen MR) is 71.0 cm³/mol. The number of rotatable bonds is 1. The van der Waals surface area contributed by atoms with Crippen LogP contribution in [0.15, 0.2) is 35.2 Å². The average molecular weight is 378 g/mol. The highest BCUT2D eigenvalue weighted by Crippen LogP contribution is 2.34. The van der Waals surface area contributed by atoms with Crippen LogP contribution in [0, 0.1) is 11.6 Å². The third-order valence-electron chi connectivity index (χ3n) is 2.97. The van der Waals surface area contributed by atoms with E-state index in [2.05, 4.69) is 26.0 Å². The van der Waals surface area contributed by atoms with Crippen molar-refractivity contribution in [1.29, 1.82) is 0 Å². The lowest BCUT2D eigenvalue weighted by atomic mass is 10.0. The molecule has 0 saturated heterocycles. The molecule has 0 fully saturated rings. The van der Waals surface area contributed by atoms with E-state index in [1.54, 1.807) is 0 Å². The second-order valence-corrected chi connectivity index (χ2v) is 5.13. The van der Waals surface area contributed by atoms with Gasteiger partial charge in [0.05, 0.1) is 5.56 Å². The number of aromatic nitrogens is 3. The van der Waals surface area contributed by atoms with Crippen molar-refractivity contribution in [2.24, 2.45) is 0 Å². The molecule has 0 saturated carbocycles. The molecule has 0 aliphatic heterocycles. The number of benzene rings is 1. The molecule has 0 spiro atoms. The molecule has 0 N–H and O–H groups in total. The number of pyridine rings is 1. The minimum Gasteiger partial charge on any atom is -0.219 e. The Balaban J connectivity index is 2.32. The van der Waals surface area contributed by atoms with E-state index < -0.39 is 23.4 Å². The van der Waals surface area contributed by atoms with Crippen LogP contribution in [-0.2, 0) is 6.18 Å². The highest BCUT2D eigenvalue weighted by molar-refractivity contribution is 9.10. The minimum absolute atomic E-state index is 0.00748.